The summed E-state index contributed by atoms with van der Waals surface area (Å²) >= 11 is 2.09. The first-order valence-corrected chi connectivity index (χ1v) is 10.4. The molecule has 2 N–H and O–H groups in total. The first-order valence-electron chi connectivity index (χ1n) is 9.32. The number of hydrogen-bond acceptors (Lipinski definition) is 5. The zero-order valence-electron chi connectivity index (χ0n) is 17.4. The fourth-order valence-corrected chi connectivity index (χ4v) is 3.26. The number of carbonyl (C=O) groups is 2. The largest absolute Gasteiger partial charge is 0.493 e. The molecule has 0 aromatic heterocycles. The summed E-state index contributed by atoms with van der Waals surface area (Å²) < 4.78 is 50.1. The maximum absolute atomic E-state index is 12.7. The molecule has 0 atom stereocenters. The van der Waals surface area contributed by atoms with Crippen molar-refractivity contribution in [2.24, 2.45) is 5.10 Å². The Balaban J connectivity index is 1.95. The number of amides is 2. The second-order valence-corrected chi connectivity index (χ2v) is 7.96. The van der Waals surface area contributed by atoms with Crippen molar-refractivity contribution in [2.45, 2.75) is 32.5 Å². The number of ether oxygens (including phenoxy) is 2. The Morgan fingerprint density at radius 3 is 2.53 bits per heavy atom. The van der Waals surface area contributed by atoms with Gasteiger partial charge in [-0.05, 0) is 72.3 Å². The van der Waals surface area contributed by atoms with Gasteiger partial charge in [-0.25, -0.2) is 5.43 Å². The zero-order chi connectivity index (χ0) is 23.9. The van der Waals surface area contributed by atoms with E-state index in [0.29, 0.717) is 17.1 Å². The van der Waals surface area contributed by atoms with E-state index in [1.54, 1.807) is 12.1 Å². The molecule has 0 aliphatic carbocycles. The highest BCUT2D eigenvalue weighted by atomic mass is 127. The minimum atomic E-state index is -4.54. The predicted octanol–water partition coefficient (Wildman–Crippen LogP) is 4.58. The maximum atomic E-state index is 12.7. The molecule has 2 amide bonds. The molecule has 0 radical (unpaired) electrons. The first kappa shape index (κ1) is 25.4. The molecular weight excluding hydrogens is 542 g/mol. The molecule has 0 spiro atoms. The smallest absolute Gasteiger partial charge is 0.416 e. The lowest BCUT2D eigenvalue weighted by Gasteiger charge is -2.15. The Morgan fingerprint density at radius 1 is 1.19 bits per heavy atom. The Labute approximate surface area is 196 Å². The average Bonchev–Trinajstić information content (AvgIpc) is 2.68. The number of nitrogens with zero attached hydrogens (tertiary/aromatic N) is 1. The second-order valence-electron chi connectivity index (χ2n) is 6.80. The van der Waals surface area contributed by atoms with Gasteiger partial charge in [-0.3, -0.25) is 9.59 Å². The van der Waals surface area contributed by atoms with Crippen molar-refractivity contribution in [1.29, 1.82) is 0 Å². The van der Waals surface area contributed by atoms with Crippen LogP contribution in [0.25, 0.3) is 0 Å². The van der Waals surface area contributed by atoms with Gasteiger partial charge in [0.1, 0.15) is 6.42 Å². The number of hydrogen-bond donors (Lipinski definition) is 2. The normalized spacial score (nSPS) is 11.5. The van der Waals surface area contributed by atoms with Crippen molar-refractivity contribution < 1.29 is 32.2 Å². The highest BCUT2D eigenvalue weighted by Gasteiger charge is 2.30. The number of benzene rings is 2. The lowest BCUT2D eigenvalue weighted by atomic mass is 10.2. The lowest BCUT2D eigenvalue weighted by Crippen LogP contribution is -2.24. The number of halogens is 4. The van der Waals surface area contributed by atoms with E-state index in [0.717, 1.165) is 21.8 Å². The summed E-state index contributed by atoms with van der Waals surface area (Å²) in [5, 5.41) is 6.06. The molecule has 172 valence electrons. The van der Waals surface area contributed by atoms with Crippen molar-refractivity contribution >= 4 is 46.3 Å². The van der Waals surface area contributed by atoms with Gasteiger partial charge in [0.2, 0.25) is 11.8 Å². The number of hydrazone groups is 1. The fraction of sp³-hybridized carbons (Fsp3) is 0.286. The molecule has 0 aliphatic rings. The van der Waals surface area contributed by atoms with Crippen LogP contribution in [-0.4, -0.2) is 31.2 Å². The van der Waals surface area contributed by atoms with Gasteiger partial charge >= 0.3 is 6.18 Å². The molecule has 0 saturated carbocycles. The maximum Gasteiger partial charge on any atom is 0.416 e. The van der Waals surface area contributed by atoms with E-state index in [2.05, 4.69) is 38.4 Å². The van der Waals surface area contributed by atoms with Crippen molar-refractivity contribution in [3.63, 3.8) is 0 Å². The van der Waals surface area contributed by atoms with Crippen LogP contribution < -0.4 is 20.2 Å². The molecule has 11 heteroatoms. The number of rotatable bonds is 8. The molecular formula is C21H21F3IN3O4. The van der Waals surface area contributed by atoms with Crippen LogP contribution in [0, 0.1) is 3.57 Å². The van der Waals surface area contributed by atoms with E-state index in [1.807, 2.05) is 13.8 Å². The first-order chi connectivity index (χ1) is 15.0. The van der Waals surface area contributed by atoms with Crippen molar-refractivity contribution in [1.82, 2.24) is 5.43 Å². The van der Waals surface area contributed by atoms with Gasteiger partial charge in [0.25, 0.3) is 0 Å². The molecule has 0 saturated heterocycles. The van der Waals surface area contributed by atoms with Crippen molar-refractivity contribution in [3.05, 3.63) is 51.1 Å². The number of carbonyl (C=O) groups excluding carboxylic acids is 2. The standard InChI is InChI=1S/C21H21F3IN3O4/c1-12(2)32-20-16(25)7-13(8-17(20)31-3)11-26-28-19(30)10-18(29)27-15-6-4-5-14(9-15)21(22,23)24/h4-9,11-12H,10H2,1-3H3,(H,27,29)(H,28,30). The van der Waals surface area contributed by atoms with Crippen LogP contribution in [0.15, 0.2) is 41.5 Å². The number of nitrogens with one attached hydrogen (secondary N) is 2. The quantitative estimate of drug-likeness (QED) is 0.213. The Morgan fingerprint density at radius 2 is 1.91 bits per heavy atom. The van der Waals surface area contributed by atoms with Gasteiger partial charge in [0.15, 0.2) is 11.5 Å². The number of methoxy groups -OCH3 is 1. The Kier molecular flexibility index (Phi) is 8.87. The third kappa shape index (κ3) is 7.70. The van der Waals surface area contributed by atoms with E-state index >= 15 is 0 Å². The highest BCUT2D eigenvalue weighted by molar-refractivity contribution is 14.1. The molecule has 0 heterocycles. The SMILES string of the molecule is COc1cc(C=NNC(=O)CC(=O)Nc2cccc(C(F)(F)F)c2)cc(I)c1OC(C)C. The summed E-state index contributed by atoms with van der Waals surface area (Å²) in [7, 11) is 1.50. The zero-order valence-corrected chi connectivity index (χ0v) is 19.6. The molecule has 2 aromatic carbocycles. The van der Waals surface area contributed by atoms with Gasteiger partial charge in [0.05, 0.1) is 28.6 Å². The number of anilines is 1. The van der Waals surface area contributed by atoms with Crippen LogP contribution >= 0.6 is 22.6 Å². The van der Waals surface area contributed by atoms with Crippen LogP contribution in [0.4, 0.5) is 18.9 Å². The van der Waals surface area contributed by atoms with Crippen LogP contribution in [0.1, 0.15) is 31.4 Å². The summed E-state index contributed by atoms with van der Waals surface area (Å²) in [6, 6.07) is 7.58. The topological polar surface area (TPSA) is 89.0 Å². The van der Waals surface area contributed by atoms with Crippen LogP contribution in [0.5, 0.6) is 11.5 Å². The molecule has 0 bridgehead atoms. The molecule has 2 rings (SSSR count). The minimum Gasteiger partial charge on any atom is -0.493 e. The van der Waals surface area contributed by atoms with Crippen molar-refractivity contribution in [2.75, 3.05) is 12.4 Å². The Bertz CT molecular complexity index is 1010. The van der Waals surface area contributed by atoms with E-state index in [9.17, 15) is 22.8 Å². The third-order valence-corrected chi connectivity index (χ3v) is 4.60. The molecule has 0 aliphatic heterocycles. The molecule has 7 nitrogen and oxygen atoms in total. The molecule has 2 aromatic rings. The summed E-state index contributed by atoms with van der Waals surface area (Å²) in [6.45, 7) is 3.78. The summed E-state index contributed by atoms with van der Waals surface area (Å²) in [4.78, 5) is 23.8. The summed E-state index contributed by atoms with van der Waals surface area (Å²) in [6.07, 6.45) is -3.83. The van der Waals surface area contributed by atoms with Gasteiger partial charge in [-0.1, -0.05) is 6.07 Å². The average molecular weight is 563 g/mol. The fourth-order valence-electron chi connectivity index (χ4n) is 2.51. The van der Waals surface area contributed by atoms with E-state index in [4.69, 9.17) is 9.47 Å². The minimum absolute atomic E-state index is 0.0432. The predicted molar refractivity (Wildman–Crippen MR) is 122 cm³/mol. The van der Waals surface area contributed by atoms with E-state index < -0.39 is 30.0 Å². The van der Waals surface area contributed by atoms with Crippen LogP contribution in [0.3, 0.4) is 0 Å². The lowest BCUT2D eigenvalue weighted by molar-refractivity contribution is -0.137. The van der Waals surface area contributed by atoms with E-state index in [-0.39, 0.29) is 11.8 Å². The molecule has 32 heavy (non-hydrogen) atoms. The molecule has 0 fully saturated rings. The highest BCUT2D eigenvalue weighted by Crippen LogP contribution is 2.34. The van der Waals surface area contributed by atoms with E-state index in [1.165, 1.54) is 19.4 Å². The molecule has 0 unspecified atom stereocenters. The van der Waals surface area contributed by atoms with Gasteiger partial charge in [-0.2, -0.15) is 18.3 Å². The monoisotopic (exact) mass is 563 g/mol. The third-order valence-electron chi connectivity index (χ3n) is 3.80. The summed E-state index contributed by atoms with van der Waals surface area (Å²) in [5.74, 6) is -0.412. The Hall–Kier alpha value is -2.83. The van der Waals surface area contributed by atoms with Crippen molar-refractivity contribution in [3.8, 4) is 11.5 Å². The van der Waals surface area contributed by atoms with Gasteiger partial charge in [-0.15, -0.1) is 0 Å². The number of alkyl halides is 3. The van der Waals surface area contributed by atoms with Crippen LogP contribution in [0.2, 0.25) is 0 Å². The second kappa shape index (κ2) is 11.2. The van der Waals surface area contributed by atoms with Gasteiger partial charge in [0, 0.05) is 5.69 Å². The van der Waals surface area contributed by atoms with Gasteiger partial charge < -0.3 is 14.8 Å². The van der Waals surface area contributed by atoms with Crippen LogP contribution in [-0.2, 0) is 15.8 Å². The summed E-state index contributed by atoms with van der Waals surface area (Å²) in [5.41, 5.74) is 1.86.